The lowest BCUT2D eigenvalue weighted by atomic mass is 10.0. The van der Waals surface area contributed by atoms with Gasteiger partial charge in [-0.15, -0.1) is 0 Å². The fourth-order valence-electron chi connectivity index (χ4n) is 2.89. The van der Waals surface area contributed by atoms with Crippen molar-refractivity contribution in [2.24, 2.45) is 0 Å². The Balaban J connectivity index is 1.97. The van der Waals surface area contributed by atoms with Crippen LogP contribution in [0.15, 0.2) is 65.6 Å². The van der Waals surface area contributed by atoms with E-state index in [-0.39, 0.29) is 23.5 Å². The van der Waals surface area contributed by atoms with Gasteiger partial charge in [0.15, 0.2) is 0 Å². The van der Waals surface area contributed by atoms with Crippen LogP contribution in [0.3, 0.4) is 0 Å². The third-order valence-corrected chi connectivity index (χ3v) is 6.08. The number of Topliss-reactive ketones (excluding diaryl/α,β-unsaturated/α-hetero) is 1. The molecule has 1 heterocycles. The predicted molar refractivity (Wildman–Crippen MR) is 98.7 cm³/mol. The van der Waals surface area contributed by atoms with Gasteiger partial charge in [0.2, 0.25) is 5.91 Å². The third-order valence-electron chi connectivity index (χ3n) is 4.22. The summed E-state index contributed by atoms with van der Waals surface area (Å²) in [5.41, 5.74) is 1.79. The summed E-state index contributed by atoms with van der Waals surface area (Å²) in [7, 11) is -4.02. The average molecular weight is 369 g/mol. The molecule has 1 fully saturated rings. The zero-order chi connectivity index (χ0) is 18.7. The van der Waals surface area contributed by atoms with Crippen LogP contribution in [0.4, 0.5) is 0 Å². The second kappa shape index (κ2) is 7.25. The molecule has 0 bridgehead atoms. The summed E-state index contributed by atoms with van der Waals surface area (Å²) in [6.07, 6.45) is 2.94. The van der Waals surface area contributed by atoms with Crippen molar-refractivity contribution in [3.8, 4) is 0 Å². The first-order valence-electron chi connectivity index (χ1n) is 8.27. The largest absolute Gasteiger partial charge is 0.299 e. The minimum atomic E-state index is -4.02. The maximum atomic E-state index is 13.0. The summed E-state index contributed by atoms with van der Waals surface area (Å²) in [6.45, 7) is 1.85. The number of hydrogen-bond acceptors (Lipinski definition) is 4. The van der Waals surface area contributed by atoms with Gasteiger partial charge in [-0.25, -0.2) is 12.7 Å². The van der Waals surface area contributed by atoms with Gasteiger partial charge in [-0.2, -0.15) is 0 Å². The van der Waals surface area contributed by atoms with E-state index >= 15 is 0 Å². The van der Waals surface area contributed by atoms with Crippen LogP contribution in [0.5, 0.6) is 0 Å². The molecule has 134 valence electrons. The smallest absolute Gasteiger partial charge is 0.267 e. The SMILES string of the molecule is Cc1ccc(S(=O)(=O)N2C(=O)CC(=O)CC2/C=C/c2ccccc2)cc1. The van der Waals surface area contributed by atoms with Gasteiger partial charge in [0, 0.05) is 6.42 Å². The first kappa shape index (κ1) is 18.1. The maximum absolute atomic E-state index is 13.0. The van der Waals surface area contributed by atoms with E-state index in [0.717, 1.165) is 15.4 Å². The number of sulfonamides is 1. The Morgan fingerprint density at radius 2 is 1.65 bits per heavy atom. The quantitative estimate of drug-likeness (QED) is 0.777. The number of nitrogens with zero attached hydrogens (tertiary/aromatic N) is 1. The molecule has 1 atom stereocenters. The van der Waals surface area contributed by atoms with E-state index in [0.29, 0.717) is 0 Å². The molecule has 2 aromatic carbocycles. The van der Waals surface area contributed by atoms with Crippen molar-refractivity contribution in [3.05, 3.63) is 71.8 Å². The Bertz CT molecular complexity index is 947. The molecule has 0 N–H and O–H groups in total. The van der Waals surface area contributed by atoms with E-state index in [9.17, 15) is 18.0 Å². The molecular formula is C20H19NO4S. The maximum Gasteiger partial charge on any atom is 0.267 e. The minimum absolute atomic E-state index is 0.0137. The summed E-state index contributed by atoms with van der Waals surface area (Å²) in [5, 5.41) is 0. The lowest BCUT2D eigenvalue weighted by Gasteiger charge is -2.32. The Hall–Kier alpha value is -2.73. The summed E-state index contributed by atoms with van der Waals surface area (Å²) in [6, 6.07) is 14.8. The lowest BCUT2D eigenvalue weighted by Crippen LogP contribution is -2.49. The molecule has 1 saturated heterocycles. The number of rotatable bonds is 4. The fourth-order valence-corrected chi connectivity index (χ4v) is 4.43. The number of ketones is 1. The normalized spacial score (nSPS) is 18.5. The van der Waals surface area contributed by atoms with Gasteiger partial charge < -0.3 is 0 Å². The summed E-state index contributed by atoms with van der Waals surface area (Å²) >= 11 is 0. The first-order valence-corrected chi connectivity index (χ1v) is 9.71. The van der Waals surface area contributed by atoms with E-state index in [4.69, 9.17) is 0 Å². The number of carbonyl (C=O) groups is 2. The molecule has 6 heteroatoms. The van der Waals surface area contributed by atoms with E-state index < -0.39 is 22.0 Å². The van der Waals surface area contributed by atoms with Crippen LogP contribution in [0, 0.1) is 6.92 Å². The molecule has 0 saturated carbocycles. The highest BCUT2D eigenvalue weighted by atomic mass is 32.2. The molecule has 5 nitrogen and oxygen atoms in total. The van der Waals surface area contributed by atoms with Crippen molar-refractivity contribution in [2.75, 3.05) is 0 Å². The topological polar surface area (TPSA) is 71.5 Å². The molecule has 1 aliphatic heterocycles. The molecule has 0 aliphatic carbocycles. The van der Waals surface area contributed by atoms with Crippen molar-refractivity contribution >= 4 is 27.8 Å². The van der Waals surface area contributed by atoms with E-state index in [1.165, 1.54) is 12.1 Å². The van der Waals surface area contributed by atoms with Crippen LogP contribution in [0.2, 0.25) is 0 Å². The van der Waals surface area contributed by atoms with Gasteiger partial charge in [0.05, 0.1) is 17.4 Å². The van der Waals surface area contributed by atoms with E-state index in [2.05, 4.69) is 0 Å². The van der Waals surface area contributed by atoms with Crippen LogP contribution in [0.1, 0.15) is 24.0 Å². The second-order valence-electron chi connectivity index (χ2n) is 6.26. The van der Waals surface area contributed by atoms with E-state index in [1.54, 1.807) is 24.3 Å². The second-order valence-corrected chi connectivity index (χ2v) is 8.08. The Morgan fingerprint density at radius 3 is 2.31 bits per heavy atom. The van der Waals surface area contributed by atoms with Crippen molar-refractivity contribution in [2.45, 2.75) is 30.7 Å². The monoisotopic (exact) mass is 369 g/mol. The van der Waals surface area contributed by atoms with Crippen molar-refractivity contribution in [1.82, 2.24) is 4.31 Å². The molecule has 1 aliphatic rings. The van der Waals surface area contributed by atoms with Gasteiger partial charge in [0.1, 0.15) is 5.78 Å². The van der Waals surface area contributed by atoms with Gasteiger partial charge in [-0.05, 0) is 24.6 Å². The van der Waals surface area contributed by atoms with Crippen LogP contribution in [-0.2, 0) is 19.6 Å². The summed E-state index contributed by atoms with van der Waals surface area (Å²) in [4.78, 5) is 24.3. The number of piperidine rings is 1. The highest BCUT2D eigenvalue weighted by molar-refractivity contribution is 7.89. The van der Waals surface area contributed by atoms with Crippen molar-refractivity contribution in [3.63, 3.8) is 0 Å². The van der Waals surface area contributed by atoms with Crippen LogP contribution in [-0.4, -0.2) is 30.5 Å². The first-order chi connectivity index (χ1) is 12.4. The summed E-state index contributed by atoms with van der Waals surface area (Å²) in [5.74, 6) is -0.947. The highest BCUT2D eigenvalue weighted by Crippen LogP contribution is 2.26. The highest BCUT2D eigenvalue weighted by Gasteiger charge is 2.39. The minimum Gasteiger partial charge on any atom is -0.299 e. The van der Waals surface area contributed by atoms with Gasteiger partial charge >= 0.3 is 0 Å². The van der Waals surface area contributed by atoms with Crippen molar-refractivity contribution in [1.29, 1.82) is 0 Å². The average Bonchev–Trinajstić information content (AvgIpc) is 2.60. The molecule has 1 unspecified atom stereocenters. The zero-order valence-corrected chi connectivity index (χ0v) is 15.1. The molecule has 0 aromatic heterocycles. The van der Waals surface area contributed by atoms with Gasteiger partial charge in [-0.1, -0.05) is 60.2 Å². The standard InChI is InChI=1S/C20H19NO4S/c1-15-7-11-19(12-8-15)26(24,25)21-17(13-18(22)14-20(21)23)10-9-16-5-3-2-4-6-16/h2-12,17H,13-14H2,1H3/b10-9+. The molecule has 0 radical (unpaired) electrons. The molecular weight excluding hydrogens is 350 g/mol. The van der Waals surface area contributed by atoms with Gasteiger partial charge in [-0.3, -0.25) is 9.59 Å². The Morgan fingerprint density at radius 1 is 1.00 bits per heavy atom. The van der Waals surface area contributed by atoms with Crippen LogP contribution in [0.25, 0.3) is 6.08 Å². The molecule has 0 spiro atoms. The fraction of sp³-hybridized carbons (Fsp3) is 0.200. The molecule has 1 amide bonds. The molecule has 3 rings (SSSR count). The number of amides is 1. The van der Waals surface area contributed by atoms with Crippen LogP contribution >= 0.6 is 0 Å². The number of hydrogen-bond donors (Lipinski definition) is 0. The Kier molecular flexibility index (Phi) is 5.04. The molecule has 26 heavy (non-hydrogen) atoms. The third kappa shape index (κ3) is 3.75. The number of aryl methyl sites for hydroxylation is 1. The lowest BCUT2D eigenvalue weighted by molar-refractivity contribution is -0.136. The Labute approximate surface area is 153 Å². The summed E-state index contributed by atoms with van der Waals surface area (Å²) < 4.78 is 26.8. The number of benzene rings is 2. The number of carbonyl (C=O) groups excluding carboxylic acids is 2. The van der Waals surface area contributed by atoms with Crippen molar-refractivity contribution < 1.29 is 18.0 Å². The van der Waals surface area contributed by atoms with Gasteiger partial charge in [0.25, 0.3) is 10.0 Å². The zero-order valence-electron chi connectivity index (χ0n) is 14.3. The molecule has 2 aromatic rings. The van der Waals surface area contributed by atoms with Crippen LogP contribution < -0.4 is 0 Å². The predicted octanol–water partition coefficient (Wildman–Crippen LogP) is 2.96. The van der Waals surface area contributed by atoms with E-state index in [1.807, 2.05) is 37.3 Å².